The second-order valence-corrected chi connectivity index (χ2v) is 8.76. The number of benzene rings is 2. The Labute approximate surface area is 167 Å². The first-order chi connectivity index (χ1) is 13.8. The summed E-state index contributed by atoms with van der Waals surface area (Å²) in [6, 6.07) is 25.7. The lowest BCUT2D eigenvalue weighted by Crippen LogP contribution is -2.23. The molecule has 2 heterocycles. The van der Waals surface area contributed by atoms with Crippen molar-refractivity contribution in [2.75, 3.05) is 0 Å². The van der Waals surface area contributed by atoms with Crippen molar-refractivity contribution in [3.05, 3.63) is 96.4 Å². The summed E-state index contributed by atoms with van der Waals surface area (Å²) >= 11 is 0. The Hall–Kier alpha value is -2.84. The van der Waals surface area contributed by atoms with Gasteiger partial charge < -0.3 is 0 Å². The van der Waals surface area contributed by atoms with Crippen LogP contribution >= 0.6 is 7.92 Å². The molecule has 0 radical (unpaired) electrons. The van der Waals surface area contributed by atoms with Gasteiger partial charge in [0, 0.05) is 26.9 Å². The summed E-state index contributed by atoms with van der Waals surface area (Å²) in [6.07, 6.45) is 5.79. The van der Waals surface area contributed by atoms with E-state index in [1.807, 2.05) is 17.1 Å². The molecule has 2 aromatic heterocycles. The molecule has 0 saturated carbocycles. The van der Waals surface area contributed by atoms with Gasteiger partial charge in [0.15, 0.2) is 0 Å². The third kappa shape index (κ3) is 4.35. The third-order valence-electron chi connectivity index (χ3n) is 4.65. The van der Waals surface area contributed by atoms with Crippen LogP contribution in [-0.2, 0) is 19.4 Å². The maximum Gasteiger partial charge on any atom is 0.0830 e. The van der Waals surface area contributed by atoms with Crippen molar-refractivity contribution in [2.24, 2.45) is 0 Å². The summed E-state index contributed by atoms with van der Waals surface area (Å²) in [5.74, 6) is 0. The van der Waals surface area contributed by atoms with Crippen molar-refractivity contribution in [2.45, 2.75) is 26.3 Å². The van der Waals surface area contributed by atoms with Gasteiger partial charge in [0.1, 0.15) is 0 Å². The van der Waals surface area contributed by atoms with Crippen LogP contribution in [0, 0.1) is 0 Å². The van der Waals surface area contributed by atoms with E-state index in [1.54, 1.807) is 0 Å². The molecule has 0 atom stereocenters. The number of hydrogen-bond acceptors (Lipinski definition) is 3. The van der Waals surface area contributed by atoms with Gasteiger partial charge in [-0.2, -0.15) is 0 Å². The highest BCUT2D eigenvalue weighted by atomic mass is 31.1. The van der Waals surface area contributed by atoms with E-state index in [9.17, 15) is 0 Å². The quantitative estimate of drug-likeness (QED) is 0.458. The molecule has 0 unspecified atom stereocenters. The molecule has 0 bridgehead atoms. The summed E-state index contributed by atoms with van der Waals surface area (Å²) < 4.78 is 1.87. The van der Waals surface area contributed by atoms with Crippen LogP contribution in [0.5, 0.6) is 0 Å². The number of rotatable bonds is 7. The Morgan fingerprint density at radius 1 is 0.857 bits per heavy atom. The Morgan fingerprint density at radius 2 is 1.54 bits per heavy atom. The first-order valence-electron chi connectivity index (χ1n) is 9.57. The number of aromatic nitrogens is 4. The van der Waals surface area contributed by atoms with Crippen molar-refractivity contribution in [3.63, 3.8) is 0 Å². The molecule has 140 valence electrons. The first-order valence-corrected chi connectivity index (χ1v) is 10.9. The molecule has 4 aromatic rings. The second-order valence-electron chi connectivity index (χ2n) is 6.59. The lowest BCUT2D eigenvalue weighted by atomic mass is 10.1. The molecule has 0 saturated heterocycles. The molecule has 0 spiro atoms. The molecule has 0 amide bonds. The van der Waals surface area contributed by atoms with Gasteiger partial charge in [-0.15, -0.1) is 5.10 Å². The fourth-order valence-corrected chi connectivity index (χ4v) is 5.43. The molecule has 0 aliphatic heterocycles. The fraction of sp³-hybridized carbons (Fsp3) is 0.174. The summed E-state index contributed by atoms with van der Waals surface area (Å²) in [4.78, 5) is 4.76. The SMILES string of the molecule is CCn1cc(CCc2ccnc(P(c3ccccc3)c3ccccc3)c2)nn1. The lowest BCUT2D eigenvalue weighted by molar-refractivity contribution is 0.626. The monoisotopic (exact) mass is 386 g/mol. The van der Waals surface area contributed by atoms with Gasteiger partial charge in [0.25, 0.3) is 0 Å². The summed E-state index contributed by atoms with van der Waals surface area (Å²) in [5.41, 5.74) is 3.46. The molecular weight excluding hydrogens is 363 g/mol. The molecular formula is C23H23N4P. The maximum absolute atomic E-state index is 4.76. The van der Waals surface area contributed by atoms with Gasteiger partial charge in [-0.3, -0.25) is 9.67 Å². The van der Waals surface area contributed by atoms with E-state index in [2.05, 4.69) is 90.0 Å². The Kier molecular flexibility index (Phi) is 5.89. The van der Waals surface area contributed by atoms with Crippen molar-refractivity contribution < 1.29 is 0 Å². The number of hydrogen-bond donors (Lipinski definition) is 0. The topological polar surface area (TPSA) is 43.6 Å². The number of pyridine rings is 1. The molecule has 2 aromatic carbocycles. The minimum Gasteiger partial charge on any atom is -0.256 e. The zero-order valence-corrected chi connectivity index (χ0v) is 16.8. The largest absolute Gasteiger partial charge is 0.256 e. The highest BCUT2D eigenvalue weighted by Crippen LogP contribution is 2.31. The molecule has 0 fully saturated rings. The standard InChI is InChI=1S/C23H23N4P/c1-2-27-18-20(25-26-27)14-13-19-15-16-24-23(17-19)28(21-9-5-3-6-10-21)22-11-7-4-8-12-22/h3-12,15-18H,2,13-14H2,1H3. The van der Waals surface area contributed by atoms with Crippen LogP contribution in [0.4, 0.5) is 0 Å². The molecule has 0 N–H and O–H groups in total. The molecule has 4 nitrogen and oxygen atoms in total. The van der Waals surface area contributed by atoms with E-state index < -0.39 is 7.92 Å². The van der Waals surface area contributed by atoms with Crippen LogP contribution in [0.1, 0.15) is 18.2 Å². The van der Waals surface area contributed by atoms with E-state index in [1.165, 1.54) is 16.2 Å². The van der Waals surface area contributed by atoms with Crippen molar-refractivity contribution in [1.29, 1.82) is 0 Å². The Balaban J connectivity index is 1.61. The van der Waals surface area contributed by atoms with Crippen LogP contribution in [-0.4, -0.2) is 20.0 Å². The van der Waals surface area contributed by atoms with E-state index in [4.69, 9.17) is 4.98 Å². The van der Waals surface area contributed by atoms with Crippen LogP contribution in [0.25, 0.3) is 0 Å². The zero-order chi connectivity index (χ0) is 19.2. The van der Waals surface area contributed by atoms with Gasteiger partial charge in [0.05, 0.1) is 11.1 Å². The van der Waals surface area contributed by atoms with Gasteiger partial charge in [0.2, 0.25) is 0 Å². The highest BCUT2D eigenvalue weighted by Gasteiger charge is 2.17. The molecule has 4 rings (SSSR count). The Bertz CT molecular complexity index is 975. The van der Waals surface area contributed by atoms with E-state index >= 15 is 0 Å². The predicted molar refractivity (Wildman–Crippen MR) is 116 cm³/mol. The summed E-state index contributed by atoms with van der Waals surface area (Å²) in [7, 11) is -0.669. The average molecular weight is 386 g/mol. The predicted octanol–water partition coefficient (Wildman–Crippen LogP) is 3.24. The maximum atomic E-state index is 4.76. The second kappa shape index (κ2) is 8.90. The van der Waals surface area contributed by atoms with Crippen LogP contribution in [0.15, 0.2) is 85.2 Å². The Morgan fingerprint density at radius 3 is 2.14 bits per heavy atom. The van der Waals surface area contributed by atoms with Gasteiger partial charge in [-0.1, -0.05) is 65.9 Å². The highest BCUT2D eigenvalue weighted by molar-refractivity contribution is 7.79. The fourth-order valence-electron chi connectivity index (χ4n) is 3.19. The van der Waals surface area contributed by atoms with Crippen LogP contribution in [0.3, 0.4) is 0 Å². The third-order valence-corrected chi connectivity index (χ3v) is 6.98. The number of nitrogens with zero attached hydrogens (tertiary/aromatic N) is 4. The first kappa shape index (κ1) is 18.5. The van der Waals surface area contributed by atoms with Crippen molar-refractivity contribution in [3.8, 4) is 0 Å². The van der Waals surface area contributed by atoms with Gasteiger partial charge in [-0.05, 0) is 48.1 Å². The van der Waals surface area contributed by atoms with Crippen molar-refractivity contribution >= 4 is 24.0 Å². The molecule has 0 aliphatic carbocycles. The van der Waals surface area contributed by atoms with Gasteiger partial charge >= 0.3 is 0 Å². The summed E-state index contributed by atoms with van der Waals surface area (Å²) in [5, 5.41) is 11.0. The average Bonchev–Trinajstić information content (AvgIpc) is 3.23. The van der Waals surface area contributed by atoms with Gasteiger partial charge in [-0.25, -0.2) is 0 Å². The smallest absolute Gasteiger partial charge is 0.0830 e. The van der Waals surface area contributed by atoms with Crippen LogP contribution < -0.4 is 16.0 Å². The van der Waals surface area contributed by atoms with E-state index in [0.29, 0.717) is 0 Å². The van der Waals surface area contributed by atoms with Crippen LogP contribution in [0.2, 0.25) is 0 Å². The lowest BCUT2D eigenvalue weighted by Gasteiger charge is -2.18. The minimum atomic E-state index is -0.669. The van der Waals surface area contributed by atoms with E-state index in [0.717, 1.165) is 30.5 Å². The van der Waals surface area contributed by atoms with E-state index in [-0.39, 0.29) is 0 Å². The number of aryl methyl sites for hydroxylation is 3. The molecule has 0 aliphatic rings. The van der Waals surface area contributed by atoms with Crippen molar-refractivity contribution in [1.82, 2.24) is 20.0 Å². The molecule has 5 heteroatoms. The molecule has 28 heavy (non-hydrogen) atoms. The summed E-state index contributed by atoms with van der Waals surface area (Å²) in [6.45, 7) is 2.92. The minimum absolute atomic E-state index is 0.669. The normalized spacial score (nSPS) is 11.1. The zero-order valence-electron chi connectivity index (χ0n) is 15.9.